The summed E-state index contributed by atoms with van der Waals surface area (Å²) in [6.07, 6.45) is 5.07. The average Bonchev–Trinajstić information content (AvgIpc) is 2.56. The minimum absolute atomic E-state index is 0.119. The van der Waals surface area contributed by atoms with Gasteiger partial charge in [0.25, 0.3) is 0 Å². The summed E-state index contributed by atoms with van der Waals surface area (Å²) in [5.74, 6) is -1.08. The first-order valence-electron chi connectivity index (χ1n) is 8.72. The minimum Gasteiger partial charge on any atom is -0.466 e. The van der Waals surface area contributed by atoms with Crippen molar-refractivity contribution >= 4 is 17.9 Å². The zero-order chi connectivity index (χ0) is 18.2. The van der Waals surface area contributed by atoms with Crippen molar-refractivity contribution in [2.24, 2.45) is 0 Å². The maximum atomic E-state index is 12.1. The van der Waals surface area contributed by atoms with Gasteiger partial charge in [0.15, 0.2) is 0 Å². The van der Waals surface area contributed by atoms with Gasteiger partial charge >= 0.3 is 17.9 Å². The van der Waals surface area contributed by atoms with Crippen molar-refractivity contribution in [1.29, 1.82) is 0 Å². The Morgan fingerprint density at radius 3 is 2.12 bits per heavy atom. The van der Waals surface area contributed by atoms with E-state index in [0.717, 1.165) is 19.3 Å². The molecule has 0 fully saturated rings. The number of esters is 3. The minimum atomic E-state index is -0.435. The Labute approximate surface area is 144 Å². The molecule has 0 N–H and O–H groups in total. The van der Waals surface area contributed by atoms with Gasteiger partial charge in [-0.05, 0) is 32.6 Å². The lowest BCUT2D eigenvalue weighted by Crippen LogP contribution is -2.12. The van der Waals surface area contributed by atoms with Gasteiger partial charge in [-0.1, -0.05) is 26.3 Å². The van der Waals surface area contributed by atoms with Crippen LogP contribution in [-0.2, 0) is 28.6 Å². The third kappa shape index (κ3) is 11.7. The maximum absolute atomic E-state index is 12.1. The highest BCUT2D eigenvalue weighted by molar-refractivity contribution is 5.89. The van der Waals surface area contributed by atoms with Gasteiger partial charge < -0.3 is 14.2 Å². The van der Waals surface area contributed by atoms with E-state index < -0.39 is 5.97 Å². The van der Waals surface area contributed by atoms with Crippen LogP contribution in [0.4, 0.5) is 0 Å². The molecule has 0 aromatic heterocycles. The van der Waals surface area contributed by atoms with Crippen LogP contribution in [0.2, 0.25) is 0 Å². The van der Waals surface area contributed by atoms with Crippen molar-refractivity contribution in [3.63, 3.8) is 0 Å². The highest BCUT2D eigenvalue weighted by Crippen LogP contribution is 2.12. The lowest BCUT2D eigenvalue weighted by Gasteiger charge is -2.09. The number of hydrogen-bond acceptors (Lipinski definition) is 6. The third-order valence-electron chi connectivity index (χ3n) is 3.10. The van der Waals surface area contributed by atoms with E-state index >= 15 is 0 Å². The number of carbonyl (C=O) groups excluding carboxylic acids is 3. The van der Waals surface area contributed by atoms with Gasteiger partial charge in [-0.25, -0.2) is 4.79 Å². The van der Waals surface area contributed by atoms with Gasteiger partial charge in [0, 0.05) is 18.4 Å². The molecule has 0 amide bonds. The lowest BCUT2D eigenvalue weighted by atomic mass is 10.1. The monoisotopic (exact) mass is 342 g/mol. The van der Waals surface area contributed by atoms with Gasteiger partial charge in [0.2, 0.25) is 0 Å². The molecule has 0 atom stereocenters. The van der Waals surface area contributed by atoms with Crippen LogP contribution in [0.3, 0.4) is 0 Å². The van der Waals surface area contributed by atoms with E-state index in [9.17, 15) is 14.4 Å². The Balaban J connectivity index is 4.54. The number of carbonyl (C=O) groups is 3. The van der Waals surface area contributed by atoms with Crippen molar-refractivity contribution < 1.29 is 28.6 Å². The van der Waals surface area contributed by atoms with Crippen LogP contribution >= 0.6 is 0 Å². The van der Waals surface area contributed by atoms with E-state index in [1.54, 1.807) is 13.0 Å². The second-order valence-electron chi connectivity index (χ2n) is 5.28. The first-order chi connectivity index (χ1) is 11.5. The Morgan fingerprint density at radius 2 is 1.50 bits per heavy atom. The van der Waals surface area contributed by atoms with Crippen LogP contribution in [0.1, 0.15) is 65.7 Å². The summed E-state index contributed by atoms with van der Waals surface area (Å²) >= 11 is 0. The molecular weight excluding hydrogens is 312 g/mol. The molecule has 0 saturated carbocycles. The molecule has 0 aromatic rings. The molecule has 0 aromatic carbocycles. The van der Waals surface area contributed by atoms with E-state index in [1.165, 1.54) is 0 Å². The zero-order valence-electron chi connectivity index (χ0n) is 15.1. The fourth-order valence-electron chi connectivity index (χ4n) is 1.81. The van der Waals surface area contributed by atoms with E-state index in [1.807, 2.05) is 13.8 Å². The van der Waals surface area contributed by atoms with E-state index in [-0.39, 0.29) is 31.2 Å². The average molecular weight is 342 g/mol. The molecule has 0 heterocycles. The van der Waals surface area contributed by atoms with Gasteiger partial charge in [-0.3, -0.25) is 9.59 Å². The van der Waals surface area contributed by atoms with Gasteiger partial charge in [-0.2, -0.15) is 0 Å². The van der Waals surface area contributed by atoms with Crippen molar-refractivity contribution in [3.05, 3.63) is 11.6 Å². The molecule has 0 aliphatic carbocycles. The molecule has 0 spiro atoms. The first kappa shape index (κ1) is 22.1. The summed E-state index contributed by atoms with van der Waals surface area (Å²) in [4.78, 5) is 35.0. The van der Waals surface area contributed by atoms with E-state index in [4.69, 9.17) is 14.2 Å². The number of rotatable bonds is 13. The summed E-state index contributed by atoms with van der Waals surface area (Å²) in [5, 5.41) is 0. The molecule has 0 radical (unpaired) electrons. The smallest absolute Gasteiger partial charge is 0.333 e. The lowest BCUT2D eigenvalue weighted by molar-refractivity contribution is -0.144. The Morgan fingerprint density at radius 1 is 0.792 bits per heavy atom. The molecule has 24 heavy (non-hydrogen) atoms. The van der Waals surface area contributed by atoms with Gasteiger partial charge in [0.1, 0.15) is 0 Å². The molecule has 0 unspecified atom stereocenters. The second-order valence-corrected chi connectivity index (χ2v) is 5.28. The molecule has 6 nitrogen and oxygen atoms in total. The summed E-state index contributed by atoms with van der Waals surface area (Å²) in [7, 11) is 0. The molecule has 6 heteroatoms. The predicted octanol–water partition coefficient (Wildman–Crippen LogP) is 3.33. The Hall–Kier alpha value is -1.85. The number of ether oxygens (including phenoxy) is 3. The SMILES string of the molecule is CCCCOC(=O)C(=CCCC(=O)OCC)CCC(=O)OCCC. The normalized spacial score (nSPS) is 11.0. The topological polar surface area (TPSA) is 78.9 Å². The van der Waals surface area contributed by atoms with Crippen molar-refractivity contribution in [3.8, 4) is 0 Å². The van der Waals surface area contributed by atoms with Crippen LogP contribution in [0, 0.1) is 0 Å². The van der Waals surface area contributed by atoms with Crippen LogP contribution < -0.4 is 0 Å². The summed E-state index contributed by atoms with van der Waals surface area (Å²) < 4.78 is 15.0. The standard InChI is InChI=1S/C18H30O6/c1-4-7-14-24-18(21)15(9-8-10-16(19)22-6-3)11-12-17(20)23-13-5-2/h9H,4-8,10-14H2,1-3H3. The Bertz CT molecular complexity index is 414. The van der Waals surface area contributed by atoms with Crippen LogP contribution in [0.25, 0.3) is 0 Å². The van der Waals surface area contributed by atoms with Crippen LogP contribution in [-0.4, -0.2) is 37.7 Å². The predicted molar refractivity (Wildman–Crippen MR) is 90.3 cm³/mol. The fourth-order valence-corrected chi connectivity index (χ4v) is 1.81. The van der Waals surface area contributed by atoms with Crippen molar-refractivity contribution in [2.45, 2.75) is 65.7 Å². The molecule has 0 saturated heterocycles. The summed E-state index contributed by atoms with van der Waals surface area (Å²) in [6.45, 7) is 6.73. The molecule has 138 valence electrons. The van der Waals surface area contributed by atoms with Gasteiger partial charge in [-0.15, -0.1) is 0 Å². The number of hydrogen-bond donors (Lipinski definition) is 0. The fraction of sp³-hybridized carbons (Fsp3) is 0.722. The molecule has 0 aliphatic heterocycles. The zero-order valence-corrected chi connectivity index (χ0v) is 15.1. The van der Waals surface area contributed by atoms with E-state index in [2.05, 4.69) is 0 Å². The molecule has 0 aliphatic rings. The van der Waals surface area contributed by atoms with Crippen LogP contribution in [0.5, 0.6) is 0 Å². The third-order valence-corrected chi connectivity index (χ3v) is 3.10. The highest BCUT2D eigenvalue weighted by atomic mass is 16.5. The van der Waals surface area contributed by atoms with E-state index in [0.29, 0.717) is 31.8 Å². The second kappa shape index (κ2) is 14.7. The highest BCUT2D eigenvalue weighted by Gasteiger charge is 2.14. The largest absolute Gasteiger partial charge is 0.466 e. The van der Waals surface area contributed by atoms with Gasteiger partial charge in [0.05, 0.1) is 19.8 Å². The van der Waals surface area contributed by atoms with Crippen molar-refractivity contribution in [2.75, 3.05) is 19.8 Å². The number of allylic oxidation sites excluding steroid dienone is 1. The first-order valence-corrected chi connectivity index (χ1v) is 8.72. The Kier molecular flexibility index (Phi) is 13.6. The maximum Gasteiger partial charge on any atom is 0.333 e. The summed E-state index contributed by atoms with van der Waals surface area (Å²) in [5.41, 5.74) is 0.406. The van der Waals surface area contributed by atoms with Crippen molar-refractivity contribution in [1.82, 2.24) is 0 Å². The molecular formula is C18H30O6. The molecule has 0 bridgehead atoms. The summed E-state index contributed by atoms with van der Waals surface area (Å²) in [6, 6.07) is 0. The number of unbranched alkanes of at least 4 members (excludes halogenated alkanes) is 1. The molecule has 0 rings (SSSR count). The van der Waals surface area contributed by atoms with Crippen LogP contribution in [0.15, 0.2) is 11.6 Å². The quantitative estimate of drug-likeness (QED) is 0.221.